The maximum atomic E-state index is 13.0. The van der Waals surface area contributed by atoms with E-state index in [1.807, 2.05) is 0 Å². The molecule has 2 amide bonds. The molecule has 0 aromatic heterocycles. The molecule has 0 saturated heterocycles. The number of carbonyl (C=O) groups excluding carboxylic acids is 2. The highest BCUT2D eigenvalue weighted by molar-refractivity contribution is 6.12. The molecule has 0 saturated carbocycles. The van der Waals surface area contributed by atoms with Crippen LogP contribution in [0.4, 0.5) is 17.1 Å². The molecule has 0 spiro atoms. The number of anilines is 2. The Morgan fingerprint density at radius 3 is 2.54 bits per heavy atom. The Bertz CT molecular complexity index is 982. The largest absolute Gasteiger partial charge is 0.449 e. The molecule has 144 valence electrons. The number of nitrogens with two attached hydrogens (primary N) is 1. The van der Waals surface area contributed by atoms with Gasteiger partial charge in [-0.15, -0.1) is 0 Å². The minimum absolute atomic E-state index is 0.00215. The molecule has 2 aromatic carbocycles. The van der Waals surface area contributed by atoms with E-state index in [2.05, 4.69) is 0 Å². The van der Waals surface area contributed by atoms with Crippen LogP contribution in [0, 0.1) is 10.1 Å². The molecule has 0 bridgehead atoms. The van der Waals surface area contributed by atoms with E-state index in [-0.39, 0.29) is 23.9 Å². The number of amides is 2. The van der Waals surface area contributed by atoms with Crippen molar-refractivity contribution >= 4 is 35.0 Å². The molecule has 2 aromatic rings. The van der Waals surface area contributed by atoms with Crippen LogP contribution in [-0.2, 0) is 9.59 Å². The third-order valence-electron chi connectivity index (χ3n) is 4.14. The summed E-state index contributed by atoms with van der Waals surface area (Å²) in [5.41, 5.74) is 7.14. The highest BCUT2D eigenvalue weighted by Gasteiger charge is 2.32. The van der Waals surface area contributed by atoms with Crippen LogP contribution >= 0.6 is 0 Å². The summed E-state index contributed by atoms with van der Waals surface area (Å²) >= 11 is 0. The number of nitro benzene ring substituents is 1. The van der Waals surface area contributed by atoms with E-state index in [0.29, 0.717) is 22.7 Å². The molecule has 3 rings (SSSR count). The zero-order chi connectivity index (χ0) is 20.4. The molecule has 1 heterocycles. The van der Waals surface area contributed by atoms with Gasteiger partial charge in [0.15, 0.2) is 11.5 Å². The average Bonchev–Trinajstić information content (AvgIpc) is 2.65. The van der Waals surface area contributed by atoms with Crippen LogP contribution in [0.15, 0.2) is 48.2 Å². The molecule has 0 unspecified atom stereocenters. The number of hydrogen-bond acceptors (Lipinski definition) is 6. The van der Waals surface area contributed by atoms with Gasteiger partial charge in [-0.2, -0.15) is 0 Å². The fourth-order valence-electron chi connectivity index (χ4n) is 2.60. The zero-order valence-corrected chi connectivity index (χ0v) is 15.3. The Balaban J connectivity index is 1.99. The second-order valence-electron chi connectivity index (χ2n) is 6.37. The number of nitrogens with zero attached hydrogens (tertiary/aromatic N) is 3. The summed E-state index contributed by atoms with van der Waals surface area (Å²) in [6.07, 6.45) is 1.47. The lowest BCUT2D eigenvalue weighted by Crippen LogP contribution is -2.44. The number of fused-ring (bicyclic) bond motifs is 1. The maximum absolute atomic E-state index is 13.0. The fraction of sp³-hybridized carbons (Fsp3) is 0.158. The van der Waals surface area contributed by atoms with Gasteiger partial charge in [0.05, 0.1) is 10.6 Å². The van der Waals surface area contributed by atoms with Crippen molar-refractivity contribution in [3.8, 4) is 5.75 Å². The Hall–Kier alpha value is -3.88. The standard InChI is InChI=1S/C19H18N4O5/c1-21(2)18(24)11-22-15-10-13(20)5-8-16(15)28-17(19(22)25)9-12-3-6-14(7-4-12)23(26)27/h3-10H,11,20H2,1-2H3/b17-9+. The third kappa shape index (κ3) is 3.78. The summed E-state index contributed by atoms with van der Waals surface area (Å²) in [4.78, 5) is 38.1. The van der Waals surface area contributed by atoms with Crippen LogP contribution in [0.5, 0.6) is 5.75 Å². The predicted octanol–water partition coefficient (Wildman–Crippen LogP) is 2.03. The monoisotopic (exact) mass is 382 g/mol. The van der Waals surface area contributed by atoms with Gasteiger partial charge >= 0.3 is 0 Å². The molecule has 0 radical (unpaired) electrons. The molecular formula is C19H18N4O5. The van der Waals surface area contributed by atoms with Crippen molar-refractivity contribution in [2.24, 2.45) is 0 Å². The molecule has 0 atom stereocenters. The van der Waals surface area contributed by atoms with Crippen LogP contribution in [0.25, 0.3) is 6.08 Å². The summed E-state index contributed by atoms with van der Waals surface area (Å²) in [6.45, 7) is -0.177. The molecule has 2 N–H and O–H groups in total. The molecule has 9 nitrogen and oxygen atoms in total. The van der Waals surface area contributed by atoms with Gasteiger partial charge in [0.1, 0.15) is 6.54 Å². The summed E-state index contributed by atoms with van der Waals surface area (Å²) in [5.74, 6) is -0.392. The van der Waals surface area contributed by atoms with Gasteiger partial charge in [0.2, 0.25) is 5.91 Å². The fourth-order valence-corrected chi connectivity index (χ4v) is 2.60. The highest BCUT2D eigenvalue weighted by atomic mass is 16.6. The van der Waals surface area contributed by atoms with Crippen molar-refractivity contribution in [2.75, 3.05) is 31.3 Å². The molecular weight excluding hydrogens is 364 g/mol. The topological polar surface area (TPSA) is 119 Å². The second-order valence-corrected chi connectivity index (χ2v) is 6.37. The molecule has 0 aliphatic carbocycles. The first-order valence-electron chi connectivity index (χ1n) is 8.32. The molecule has 1 aliphatic rings. The van der Waals surface area contributed by atoms with Crippen LogP contribution in [-0.4, -0.2) is 42.3 Å². The highest BCUT2D eigenvalue weighted by Crippen LogP contribution is 2.37. The van der Waals surface area contributed by atoms with Crippen LogP contribution in [0.2, 0.25) is 0 Å². The summed E-state index contributed by atoms with van der Waals surface area (Å²) < 4.78 is 5.71. The third-order valence-corrected chi connectivity index (χ3v) is 4.14. The molecule has 28 heavy (non-hydrogen) atoms. The van der Waals surface area contributed by atoms with Gasteiger partial charge in [-0.25, -0.2) is 0 Å². The lowest BCUT2D eigenvalue weighted by atomic mass is 10.1. The van der Waals surface area contributed by atoms with E-state index in [4.69, 9.17) is 10.5 Å². The van der Waals surface area contributed by atoms with Crippen LogP contribution in [0.3, 0.4) is 0 Å². The number of rotatable bonds is 4. The zero-order valence-electron chi connectivity index (χ0n) is 15.3. The maximum Gasteiger partial charge on any atom is 0.294 e. The van der Waals surface area contributed by atoms with Crippen molar-refractivity contribution < 1.29 is 19.2 Å². The van der Waals surface area contributed by atoms with E-state index in [1.165, 1.54) is 40.1 Å². The van der Waals surface area contributed by atoms with E-state index in [9.17, 15) is 19.7 Å². The summed E-state index contributed by atoms with van der Waals surface area (Å²) in [5, 5.41) is 10.8. The van der Waals surface area contributed by atoms with Crippen molar-refractivity contribution in [2.45, 2.75) is 0 Å². The van der Waals surface area contributed by atoms with Gasteiger partial charge in [0, 0.05) is 31.9 Å². The van der Waals surface area contributed by atoms with E-state index >= 15 is 0 Å². The van der Waals surface area contributed by atoms with Crippen LogP contribution < -0.4 is 15.4 Å². The minimum atomic E-state index is -0.508. The predicted molar refractivity (Wildman–Crippen MR) is 104 cm³/mol. The normalized spacial score (nSPS) is 14.4. The van der Waals surface area contributed by atoms with Gasteiger partial charge in [-0.05, 0) is 42.0 Å². The number of carbonyl (C=O) groups is 2. The van der Waals surface area contributed by atoms with Crippen molar-refractivity contribution in [3.63, 3.8) is 0 Å². The number of ether oxygens (including phenoxy) is 1. The van der Waals surface area contributed by atoms with Crippen molar-refractivity contribution in [1.82, 2.24) is 4.90 Å². The van der Waals surface area contributed by atoms with E-state index in [1.54, 1.807) is 32.3 Å². The number of non-ortho nitro benzene ring substituents is 1. The lowest BCUT2D eigenvalue weighted by molar-refractivity contribution is -0.384. The molecule has 9 heteroatoms. The van der Waals surface area contributed by atoms with E-state index < -0.39 is 10.8 Å². The first kappa shape index (κ1) is 18.9. The first-order valence-corrected chi connectivity index (χ1v) is 8.32. The van der Waals surface area contributed by atoms with Crippen molar-refractivity contribution in [3.05, 3.63) is 63.9 Å². The van der Waals surface area contributed by atoms with E-state index in [0.717, 1.165) is 0 Å². The van der Waals surface area contributed by atoms with Crippen molar-refractivity contribution in [1.29, 1.82) is 0 Å². The number of nitrogen functional groups attached to an aromatic ring is 1. The second kappa shape index (κ2) is 7.39. The molecule has 0 fully saturated rings. The Morgan fingerprint density at radius 1 is 1.25 bits per heavy atom. The van der Waals surface area contributed by atoms with Gasteiger partial charge < -0.3 is 15.4 Å². The molecule has 1 aliphatic heterocycles. The Morgan fingerprint density at radius 2 is 1.93 bits per heavy atom. The van der Waals surface area contributed by atoms with Gasteiger partial charge in [-0.1, -0.05) is 0 Å². The first-order chi connectivity index (χ1) is 13.3. The Labute approximate surface area is 160 Å². The smallest absolute Gasteiger partial charge is 0.294 e. The Kier molecular flexibility index (Phi) is 4.99. The van der Waals surface area contributed by atoms with Gasteiger partial charge in [0.25, 0.3) is 11.6 Å². The average molecular weight is 382 g/mol. The summed E-state index contributed by atoms with van der Waals surface area (Å²) in [6, 6.07) is 10.5. The summed E-state index contributed by atoms with van der Waals surface area (Å²) in [7, 11) is 3.20. The quantitative estimate of drug-likeness (QED) is 0.374. The van der Waals surface area contributed by atoms with Gasteiger partial charge in [-0.3, -0.25) is 24.6 Å². The number of benzene rings is 2. The SMILES string of the molecule is CN(C)C(=O)CN1C(=O)/C(=C\c2ccc([N+](=O)[O-])cc2)Oc2ccc(N)cc21. The lowest BCUT2D eigenvalue weighted by Gasteiger charge is -2.31. The minimum Gasteiger partial charge on any atom is -0.449 e. The number of hydrogen-bond donors (Lipinski definition) is 1. The number of likely N-dealkylation sites (N-methyl/N-ethyl adjacent to an activating group) is 1. The van der Waals surface area contributed by atoms with Crippen LogP contribution in [0.1, 0.15) is 5.56 Å². The number of nitro groups is 1.